The van der Waals surface area contributed by atoms with Crippen molar-refractivity contribution in [2.75, 3.05) is 19.6 Å². The number of carboxylic acid groups (broad SMARTS) is 1. The second-order valence-electron chi connectivity index (χ2n) is 8.16. The Balaban J connectivity index is 5.46. The highest BCUT2D eigenvalue weighted by Crippen LogP contribution is 2.11. The summed E-state index contributed by atoms with van der Waals surface area (Å²) in [5, 5.41) is 19.1. The number of hydrogen-bond acceptors (Lipinski definition) is 8. The third kappa shape index (κ3) is 13.3. The third-order valence-electron chi connectivity index (χ3n) is 5.32. The number of carbonyl (C=O) groups is 6. The van der Waals surface area contributed by atoms with Crippen LogP contribution in [0.5, 0.6) is 0 Å². The zero-order valence-corrected chi connectivity index (χ0v) is 20.3. The van der Waals surface area contributed by atoms with Crippen molar-refractivity contribution in [3.8, 4) is 0 Å². The molecule has 0 saturated carbocycles. The molecule has 4 atom stereocenters. The van der Waals surface area contributed by atoms with E-state index in [9.17, 15) is 33.9 Å². The second kappa shape index (κ2) is 17.2. The Morgan fingerprint density at radius 1 is 0.857 bits per heavy atom. The molecule has 35 heavy (non-hydrogen) atoms. The predicted molar refractivity (Wildman–Crippen MR) is 126 cm³/mol. The third-order valence-corrected chi connectivity index (χ3v) is 5.32. The molecule has 0 aromatic heterocycles. The summed E-state index contributed by atoms with van der Waals surface area (Å²) >= 11 is 0. The molecule has 0 aromatic rings. The number of nitrogens with one attached hydrogen (secondary N) is 4. The van der Waals surface area contributed by atoms with E-state index in [-0.39, 0.29) is 31.7 Å². The number of primary amides is 1. The molecule has 0 aliphatic carbocycles. The molecule has 5 amide bonds. The summed E-state index contributed by atoms with van der Waals surface area (Å²) in [6.45, 7) is 3.11. The van der Waals surface area contributed by atoms with Crippen LogP contribution in [0.15, 0.2) is 0 Å². The lowest BCUT2D eigenvalue weighted by Gasteiger charge is -2.27. The quantitative estimate of drug-likeness (QED) is 0.0892. The molecule has 0 fully saturated rings. The first-order chi connectivity index (χ1) is 16.5. The van der Waals surface area contributed by atoms with Crippen molar-refractivity contribution < 1.29 is 33.9 Å². The molecule has 0 spiro atoms. The standard InChI is InChI=1S/C21H39N7O7/c1-3-12(2)18(20(33)27-14(21(34)35)6-4-5-9-22)28-19(32)13(7-8-15(24)29)26-17(31)11-25-16(30)10-23/h12-14,18H,3-11,22-23H2,1-2H3,(H2,24,29)(H,25,30)(H,26,31)(H,27,33)(H,28,32)(H,34,35)/t12-,13-,14-,18-/m0/s1. The van der Waals surface area contributed by atoms with Gasteiger partial charge in [0.25, 0.3) is 0 Å². The number of aliphatic carboxylic acids is 1. The van der Waals surface area contributed by atoms with Crippen molar-refractivity contribution in [2.45, 2.75) is 70.5 Å². The lowest BCUT2D eigenvalue weighted by molar-refractivity contribution is -0.143. The summed E-state index contributed by atoms with van der Waals surface area (Å²) in [5.41, 5.74) is 15.8. The number of amides is 5. The Morgan fingerprint density at radius 2 is 1.51 bits per heavy atom. The first kappa shape index (κ1) is 31.7. The van der Waals surface area contributed by atoms with E-state index in [0.717, 1.165) is 0 Å². The molecule has 14 nitrogen and oxygen atoms in total. The summed E-state index contributed by atoms with van der Waals surface area (Å²) in [6.07, 6.45) is 1.37. The van der Waals surface area contributed by atoms with Crippen LogP contribution in [0.2, 0.25) is 0 Å². The fraction of sp³-hybridized carbons (Fsp3) is 0.714. The van der Waals surface area contributed by atoms with Gasteiger partial charge in [-0.1, -0.05) is 20.3 Å². The minimum Gasteiger partial charge on any atom is -0.480 e. The average Bonchev–Trinajstić information content (AvgIpc) is 2.81. The van der Waals surface area contributed by atoms with Gasteiger partial charge in [0.15, 0.2) is 0 Å². The van der Waals surface area contributed by atoms with Crippen LogP contribution in [0.25, 0.3) is 0 Å². The van der Waals surface area contributed by atoms with Crippen molar-refractivity contribution in [3.05, 3.63) is 0 Å². The van der Waals surface area contributed by atoms with Crippen LogP contribution in [0.4, 0.5) is 0 Å². The smallest absolute Gasteiger partial charge is 0.326 e. The van der Waals surface area contributed by atoms with Crippen molar-refractivity contribution in [2.24, 2.45) is 23.1 Å². The molecule has 0 rings (SSSR count). The van der Waals surface area contributed by atoms with Crippen LogP contribution in [0.3, 0.4) is 0 Å². The zero-order valence-electron chi connectivity index (χ0n) is 20.3. The van der Waals surface area contributed by atoms with Crippen molar-refractivity contribution in [3.63, 3.8) is 0 Å². The van der Waals surface area contributed by atoms with Gasteiger partial charge < -0.3 is 43.6 Å². The van der Waals surface area contributed by atoms with Crippen LogP contribution in [0.1, 0.15) is 52.4 Å². The summed E-state index contributed by atoms with van der Waals surface area (Å²) < 4.78 is 0. The summed E-state index contributed by atoms with van der Waals surface area (Å²) in [7, 11) is 0. The average molecular weight is 502 g/mol. The lowest BCUT2D eigenvalue weighted by atomic mass is 9.96. The number of rotatable bonds is 18. The molecule has 0 aliphatic heterocycles. The Kier molecular flexibility index (Phi) is 15.6. The summed E-state index contributed by atoms with van der Waals surface area (Å²) in [6, 6.07) is -3.49. The maximum atomic E-state index is 13.0. The molecule has 14 heteroatoms. The molecule has 0 heterocycles. The van der Waals surface area contributed by atoms with E-state index in [1.807, 2.05) is 0 Å². The Morgan fingerprint density at radius 3 is 2.03 bits per heavy atom. The zero-order chi connectivity index (χ0) is 27.0. The molecule has 0 radical (unpaired) electrons. The minimum atomic E-state index is -1.23. The van der Waals surface area contributed by atoms with Crippen LogP contribution in [0, 0.1) is 5.92 Å². The number of hydrogen-bond donors (Lipinski definition) is 8. The van der Waals surface area contributed by atoms with E-state index in [0.29, 0.717) is 25.8 Å². The first-order valence-electron chi connectivity index (χ1n) is 11.5. The molecular formula is C21H39N7O7. The topological polar surface area (TPSA) is 249 Å². The SMILES string of the molecule is CC[C@H](C)[C@H](NC(=O)[C@H](CCC(N)=O)NC(=O)CNC(=O)CN)C(=O)N[C@@H](CCCCN)C(=O)O. The van der Waals surface area contributed by atoms with Gasteiger partial charge in [-0.3, -0.25) is 24.0 Å². The van der Waals surface area contributed by atoms with E-state index in [2.05, 4.69) is 21.3 Å². The molecule has 0 saturated heterocycles. The van der Waals surface area contributed by atoms with E-state index in [1.165, 1.54) is 0 Å². The fourth-order valence-corrected chi connectivity index (χ4v) is 3.02. The molecular weight excluding hydrogens is 462 g/mol. The number of carbonyl (C=O) groups excluding carboxylic acids is 5. The van der Waals surface area contributed by atoms with Gasteiger partial charge in [-0.15, -0.1) is 0 Å². The van der Waals surface area contributed by atoms with Crippen LogP contribution in [-0.4, -0.2) is 78.4 Å². The largest absolute Gasteiger partial charge is 0.480 e. The Labute approximate surface area is 204 Å². The van der Waals surface area contributed by atoms with Crippen LogP contribution >= 0.6 is 0 Å². The van der Waals surface area contributed by atoms with Gasteiger partial charge in [-0.25, -0.2) is 4.79 Å². The first-order valence-corrected chi connectivity index (χ1v) is 11.5. The van der Waals surface area contributed by atoms with E-state index in [4.69, 9.17) is 17.2 Å². The molecule has 11 N–H and O–H groups in total. The number of unbranched alkanes of at least 4 members (excludes halogenated alkanes) is 1. The molecule has 0 unspecified atom stereocenters. The normalized spacial score (nSPS) is 14.1. The highest BCUT2D eigenvalue weighted by atomic mass is 16.4. The maximum Gasteiger partial charge on any atom is 0.326 e. The van der Waals surface area contributed by atoms with Crippen LogP contribution in [-0.2, 0) is 28.8 Å². The summed E-state index contributed by atoms with van der Waals surface area (Å²) in [5.74, 6) is -5.04. The Hall–Kier alpha value is -3.26. The Bertz CT molecular complexity index is 748. The van der Waals surface area contributed by atoms with Crippen molar-refractivity contribution in [1.82, 2.24) is 21.3 Å². The monoisotopic (exact) mass is 501 g/mol. The van der Waals surface area contributed by atoms with Crippen molar-refractivity contribution >= 4 is 35.5 Å². The highest BCUT2D eigenvalue weighted by molar-refractivity contribution is 5.94. The van der Waals surface area contributed by atoms with Crippen LogP contribution < -0.4 is 38.5 Å². The van der Waals surface area contributed by atoms with Gasteiger partial charge in [-0.05, 0) is 38.1 Å². The number of carboxylic acids is 1. The summed E-state index contributed by atoms with van der Waals surface area (Å²) in [4.78, 5) is 72.1. The predicted octanol–water partition coefficient (Wildman–Crippen LogP) is -2.96. The van der Waals surface area contributed by atoms with Gasteiger partial charge in [0.05, 0.1) is 13.1 Å². The lowest BCUT2D eigenvalue weighted by Crippen LogP contribution is -2.58. The number of nitrogens with two attached hydrogens (primary N) is 3. The van der Waals surface area contributed by atoms with Gasteiger partial charge in [0.1, 0.15) is 18.1 Å². The van der Waals surface area contributed by atoms with E-state index < -0.39 is 60.2 Å². The second-order valence-corrected chi connectivity index (χ2v) is 8.16. The molecule has 0 aliphatic rings. The molecule has 200 valence electrons. The van der Waals surface area contributed by atoms with Gasteiger partial charge in [-0.2, -0.15) is 0 Å². The van der Waals surface area contributed by atoms with Crippen molar-refractivity contribution in [1.29, 1.82) is 0 Å². The minimum absolute atomic E-state index is 0.149. The van der Waals surface area contributed by atoms with Gasteiger partial charge in [0, 0.05) is 6.42 Å². The van der Waals surface area contributed by atoms with E-state index >= 15 is 0 Å². The van der Waals surface area contributed by atoms with Gasteiger partial charge in [0.2, 0.25) is 29.5 Å². The van der Waals surface area contributed by atoms with E-state index in [1.54, 1.807) is 13.8 Å². The molecule has 0 aromatic carbocycles. The van der Waals surface area contributed by atoms with Gasteiger partial charge >= 0.3 is 5.97 Å². The molecule has 0 bridgehead atoms. The fourth-order valence-electron chi connectivity index (χ4n) is 3.02. The maximum absolute atomic E-state index is 13.0. The highest BCUT2D eigenvalue weighted by Gasteiger charge is 2.32.